The van der Waals surface area contributed by atoms with Gasteiger partial charge >= 0.3 is 5.97 Å². The van der Waals surface area contributed by atoms with E-state index in [0.29, 0.717) is 11.7 Å². The van der Waals surface area contributed by atoms with Crippen LogP contribution in [0.4, 0.5) is 0 Å². The van der Waals surface area contributed by atoms with Gasteiger partial charge in [-0.1, -0.05) is 0 Å². The first-order chi connectivity index (χ1) is 6.24. The number of rotatable bonds is 4. The molecule has 0 spiro atoms. The molecule has 1 aliphatic rings. The Morgan fingerprint density at radius 2 is 2.62 bits per heavy atom. The highest BCUT2D eigenvalue weighted by Gasteiger charge is 2.19. The van der Waals surface area contributed by atoms with Crippen LogP contribution >= 0.6 is 11.8 Å². The van der Waals surface area contributed by atoms with Gasteiger partial charge in [0.1, 0.15) is 6.04 Å². The minimum Gasteiger partial charge on any atom is -0.468 e. The van der Waals surface area contributed by atoms with Gasteiger partial charge in [-0.25, -0.2) is 0 Å². The maximum Gasteiger partial charge on any atom is 0.322 e. The molecular weight excluding hydrogens is 188 g/mol. The van der Waals surface area contributed by atoms with Crippen LogP contribution in [-0.2, 0) is 9.53 Å². The summed E-state index contributed by atoms with van der Waals surface area (Å²) < 4.78 is 4.54. The highest BCUT2D eigenvalue weighted by molar-refractivity contribution is 8.00. The predicted molar refractivity (Wildman–Crippen MR) is 53.5 cm³/mol. The molecule has 2 atom stereocenters. The van der Waals surface area contributed by atoms with Crippen LogP contribution in [0.15, 0.2) is 0 Å². The lowest BCUT2D eigenvalue weighted by Gasteiger charge is -2.11. The molecule has 4 nitrogen and oxygen atoms in total. The van der Waals surface area contributed by atoms with Gasteiger partial charge in [0.05, 0.1) is 7.11 Å². The molecule has 0 radical (unpaired) electrons. The SMILES string of the molecule is COC(=O)C(N)CCC1CNCS1. The van der Waals surface area contributed by atoms with Crippen LogP contribution in [0.25, 0.3) is 0 Å². The summed E-state index contributed by atoms with van der Waals surface area (Å²) in [4.78, 5) is 10.9. The molecule has 0 aromatic rings. The summed E-state index contributed by atoms with van der Waals surface area (Å²) in [6.07, 6.45) is 1.69. The molecule has 0 saturated carbocycles. The lowest BCUT2D eigenvalue weighted by atomic mass is 10.1. The summed E-state index contributed by atoms with van der Waals surface area (Å²) in [6.45, 7) is 1.03. The molecular formula is C8H16N2O2S. The molecule has 0 aromatic carbocycles. The topological polar surface area (TPSA) is 64.3 Å². The lowest BCUT2D eigenvalue weighted by molar-refractivity contribution is -0.142. The van der Waals surface area contributed by atoms with Gasteiger partial charge in [0.25, 0.3) is 0 Å². The molecule has 1 rings (SSSR count). The first-order valence-electron chi connectivity index (χ1n) is 4.39. The summed E-state index contributed by atoms with van der Waals surface area (Å²) in [5.41, 5.74) is 5.60. The van der Waals surface area contributed by atoms with Crippen LogP contribution in [0.5, 0.6) is 0 Å². The van der Waals surface area contributed by atoms with E-state index in [0.717, 1.165) is 18.8 Å². The number of thioether (sulfide) groups is 1. The monoisotopic (exact) mass is 204 g/mol. The van der Waals surface area contributed by atoms with Gasteiger partial charge in [-0.15, -0.1) is 11.8 Å². The van der Waals surface area contributed by atoms with Crippen molar-refractivity contribution in [2.45, 2.75) is 24.1 Å². The van der Waals surface area contributed by atoms with E-state index >= 15 is 0 Å². The molecule has 5 heteroatoms. The Bertz CT molecular complexity index is 172. The van der Waals surface area contributed by atoms with Crippen LogP contribution in [0.1, 0.15) is 12.8 Å². The second-order valence-corrected chi connectivity index (χ2v) is 4.38. The van der Waals surface area contributed by atoms with Gasteiger partial charge in [-0.3, -0.25) is 4.79 Å². The Kier molecular flexibility index (Phi) is 4.55. The normalized spacial score (nSPS) is 24.3. The van der Waals surface area contributed by atoms with Crippen molar-refractivity contribution in [1.82, 2.24) is 5.32 Å². The van der Waals surface area contributed by atoms with Crippen molar-refractivity contribution in [2.75, 3.05) is 19.5 Å². The molecule has 2 unspecified atom stereocenters. The Morgan fingerprint density at radius 3 is 3.15 bits per heavy atom. The zero-order valence-corrected chi connectivity index (χ0v) is 8.60. The zero-order chi connectivity index (χ0) is 9.68. The molecule has 1 fully saturated rings. The van der Waals surface area contributed by atoms with Crippen molar-refractivity contribution in [3.8, 4) is 0 Å². The number of carbonyl (C=O) groups is 1. The predicted octanol–water partition coefficient (Wildman–Crippen LogP) is -0.0706. The van der Waals surface area contributed by atoms with E-state index in [1.54, 1.807) is 0 Å². The summed E-state index contributed by atoms with van der Waals surface area (Å²) >= 11 is 1.88. The minimum absolute atomic E-state index is 0.309. The second-order valence-electron chi connectivity index (χ2n) is 3.09. The van der Waals surface area contributed by atoms with Gasteiger partial charge in [0, 0.05) is 17.7 Å². The Morgan fingerprint density at radius 1 is 1.85 bits per heavy atom. The molecule has 13 heavy (non-hydrogen) atoms. The summed E-state index contributed by atoms with van der Waals surface area (Å²) in [5, 5.41) is 3.85. The average molecular weight is 204 g/mol. The molecule has 1 aliphatic heterocycles. The van der Waals surface area contributed by atoms with Crippen LogP contribution in [0.3, 0.4) is 0 Å². The molecule has 0 aliphatic carbocycles. The smallest absolute Gasteiger partial charge is 0.322 e. The quantitative estimate of drug-likeness (QED) is 0.628. The van der Waals surface area contributed by atoms with E-state index in [2.05, 4.69) is 10.1 Å². The Labute approximate surface area is 82.6 Å². The van der Waals surface area contributed by atoms with Gasteiger partial charge < -0.3 is 15.8 Å². The van der Waals surface area contributed by atoms with Crippen molar-refractivity contribution < 1.29 is 9.53 Å². The number of nitrogens with two attached hydrogens (primary N) is 1. The second kappa shape index (κ2) is 5.47. The van der Waals surface area contributed by atoms with Gasteiger partial charge in [0.2, 0.25) is 0 Å². The van der Waals surface area contributed by atoms with E-state index in [4.69, 9.17) is 5.73 Å². The fourth-order valence-electron chi connectivity index (χ4n) is 1.28. The van der Waals surface area contributed by atoms with E-state index < -0.39 is 6.04 Å². The fraction of sp³-hybridized carbons (Fsp3) is 0.875. The number of nitrogens with one attached hydrogen (secondary N) is 1. The largest absolute Gasteiger partial charge is 0.468 e. The maximum atomic E-state index is 10.9. The Balaban J connectivity index is 2.13. The first kappa shape index (κ1) is 10.8. The van der Waals surface area contributed by atoms with E-state index in [9.17, 15) is 4.79 Å². The van der Waals surface area contributed by atoms with Crippen LogP contribution in [0, 0.1) is 0 Å². The number of hydrogen-bond donors (Lipinski definition) is 2. The lowest BCUT2D eigenvalue weighted by Crippen LogP contribution is -2.32. The molecule has 1 heterocycles. The van der Waals surface area contributed by atoms with Gasteiger partial charge in [-0.05, 0) is 12.8 Å². The standard InChI is InChI=1S/C8H16N2O2S/c1-12-8(11)7(9)3-2-6-4-10-5-13-6/h6-7,10H,2-5,9H2,1H3. The van der Waals surface area contributed by atoms with E-state index in [1.165, 1.54) is 7.11 Å². The van der Waals surface area contributed by atoms with Crippen molar-refractivity contribution in [1.29, 1.82) is 0 Å². The highest BCUT2D eigenvalue weighted by Crippen LogP contribution is 2.19. The number of esters is 1. The first-order valence-corrected chi connectivity index (χ1v) is 5.44. The van der Waals surface area contributed by atoms with Crippen molar-refractivity contribution in [2.24, 2.45) is 5.73 Å². The fourth-order valence-corrected chi connectivity index (χ4v) is 2.29. The summed E-state index contributed by atoms with van der Waals surface area (Å²) in [5.74, 6) is 0.703. The van der Waals surface area contributed by atoms with Gasteiger partial charge in [0.15, 0.2) is 0 Å². The molecule has 3 N–H and O–H groups in total. The minimum atomic E-state index is -0.453. The summed E-state index contributed by atoms with van der Waals surface area (Å²) in [7, 11) is 1.37. The summed E-state index contributed by atoms with van der Waals surface area (Å²) in [6, 6.07) is -0.453. The third kappa shape index (κ3) is 3.54. The molecule has 1 saturated heterocycles. The van der Waals surface area contributed by atoms with Gasteiger partial charge in [-0.2, -0.15) is 0 Å². The molecule has 0 aromatic heterocycles. The Hall–Kier alpha value is -0.260. The van der Waals surface area contributed by atoms with Crippen molar-refractivity contribution >= 4 is 17.7 Å². The number of ether oxygens (including phenoxy) is 1. The molecule has 0 bridgehead atoms. The number of hydrogen-bond acceptors (Lipinski definition) is 5. The average Bonchev–Trinajstić information content (AvgIpc) is 2.65. The number of carbonyl (C=O) groups excluding carboxylic acids is 1. The van der Waals surface area contributed by atoms with E-state index in [-0.39, 0.29) is 5.97 Å². The van der Waals surface area contributed by atoms with Crippen LogP contribution < -0.4 is 11.1 Å². The molecule has 0 amide bonds. The maximum absolute atomic E-state index is 10.9. The van der Waals surface area contributed by atoms with Crippen LogP contribution in [-0.4, -0.2) is 36.8 Å². The highest BCUT2D eigenvalue weighted by atomic mass is 32.2. The molecule has 76 valence electrons. The van der Waals surface area contributed by atoms with Crippen molar-refractivity contribution in [3.63, 3.8) is 0 Å². The van der Waals surface area contributed by atoms with Crippen molar-refractivity contribution in [3.05, 3.63) is 0 Å². The third-order valence-electron chi connectivity index (χ3n) is 2.10. The number of methoxy groups -OCH3 is 1. The van der Waals surface area contributed by atoms with Crippen LogP contribution in [0.2, 0.25) is 0 Å². The third-order valence-corrected chi connectivity index (χ3v) is 3.34. The van der Waals surface area contributed by atoms with E-state index in [1.807, 2.05) is 11.8 Å². The zero-order valence-electron chi connectivity index (χ0n) is 7.79.